The predicted molar refractivity (Wildman–Crippen MR) is 139 cm³/mol. The summed E-state index contributed by atoms with van der Waals surface area (Å²) in [6, 6.07) is 6.90. The van der Waals surface area contributed by atoms with E-state index >= 15 is 0 Å². The molecule has 1 rings (SSSR count). The fourth-order valence-electron chi connectivity index (χ4n) is 2.69. The molecule has 0 heterocycles. The minimum absolute atomic E-state index is 0.0568. The summed E-state index contributed by atoms with van der Waals surface area (Å²) in [6.07, 6.45) is 1.10. The number of carbonyl (C=O) groups is 3. The highest BCUT2D eigenvalue weighted by molar-refractivity contribution is 8.13. The highest BCUT2D eigenvalue weighted by atomic mass is 32.2. The van der Waals surface area contributed by atoms with Gasteiger partial charge in [0.15, 0.2) is 0 Å². The number of nitrogens with one attached hydrogen (secondary N) is 2. The van der Waals surface area contributed by atoms with Crippen LogP contribution in [0, 0.1) is 0 Å². The average molecular weight is 512 g/mol. The van der Waals surface area contributed by atoms with Gasteiger partial charge in [-0.05, 0) is 78.5 Å². The van der Waals surface area contributed by atoms with E-state index in [4.69, 9.17) is 19.9 Å². The van der Waals surface area contributed by atoms with Crippen LogP contribution >= 0.6 is 11.8 Å². The number of thioether (sulfide) groups is 1. The van der Waals surface area contributed by atoms with Gasteiger partial charge in [-0.15, -0.1) is 0 Å². The van der Waals surface area contributed by atoms with Crippen molar-refractivity contribution in [3.05, 3.63) is 29.8 Å². The number of unbranched alkanes of at least 4 members (excludes halogenated alkanes) is 1. The van der Waals surface area contributed by atoms with Crippen LogP contribution in [0.15, 0.2) is 24.3 Å². The monoisotopic (exact) mass is 511 g/mol. The van der Waals surface area contributed by atoms with E-state index in [9.17, 15) is 14.4 Å². The molecule has 1 aromatic rings. The first-order chi connectivity index (χ1) is 16.2. The van der Waals surface area contributed by atoms with Gasteiger partial charge in [0.1, 0.15) is 23.6 Å². The predicted octanol–water partition coefficient (Wildman–Crippen LogP) is 4.37. The average Bonchev–Trinajstić information content (AvgIpc) is 2.73. The van der Waals surface area contributed by atoms with Crippen molar-refractivity contribution in [2.75, 3.05) is 19.7 Å². The molecule has 0 aliphatic carbocycles. The van der Waals surface area contributed by atoms with Gasteiger partial charge in [-0.25, -0.2) is 9.59 Å². The molecular weight excluding hydrogens is 470 g/mol. The minimum atomic E-state index is -0.540. The molecular formula is C25H41N3O6S. The van der Waals surface area contributed by atoms with Gasteiger partial charge >= 0.3 is 12.2 Å². The molecule has 1 atom stereocenters. The SMILES string of the molecule is CC(C)(C)OC(=O)NCCCC[C@H](N)C(=O)SCc1ccc(OCCNC(=O)OC(C)(C)C)cc1. The topological polar surface area (TPSA) is 129 Å². The van der Waals surface area contributed by atoms with Gasteiger partial charge in [0.05, 0.1) is 12.6 Å². The fraction of sp³-hybridized carbons (Fsp3) is 0.640. The molecule has 0 aliphatic heterocycles. The van der Waals surface area contributed by atoms with E-state index in [-0.39, 0.29) is 5.12 Å². The lowest BCUT2D eigenvalue weighted by atomic mass is 10.1. The van der Waals surface area contributed by atoms with E-state index < -0.39 is 29.4 Å². The van der Waals surface area contributed by atoms with Gasteiger partial charge < -0.3 is 30.6 Å². The number of rotatable bonds is 12. The molecule has 2 amide bonds. The van der Waals surface area contributed by atoms with Gasteiger partial charge in [-0.3, -0.25) is 4.79 Å². The molecule has 0 aromatic heterocycles. The Morgan fingerprint density at radius 3 is 1.97 bits per heavy atom. The molecule has 0 saturated carbocycles. The molecule has 1 aromatic carbocycles. The molecule has 0 radical (unpaired) electrons. The largest absolute Gasteiger partial charge is 0.492 e. The minimum Gasteiger partial charge on any atom is -0.492 e. The Balaban J connectivity index is 2.20. The molecule has 0 bridgehead atoms. The summed E-state index contributed by atoms with van der Waals surface area (Å²) in [7, 11) is 0. The third kappa shape index (κ3) is 15.9. The third-order valence-corrected chi connectivity index (χ3v) is 5.32. The number of ether oxygens (including phenoxy) is 3. The van der Waals surface area contributed by atoms with Gasteiger partial charge in [0.25, 0.3) is 0 Å². The Bertz CT molecular complexity index is 803. The van der Waals surface area contributed by atoms with Crippen LogP contribution in [-0.4, -0.2) is 54.2 Å². The highest BCUT2D eigenvalue weighted by Crippen LogP contribution is 2.19. The zero-order chi connectivity index (χ0) is 26.5. The van der Waals surface area contributed by atoms with Gasteiger partial charge in [-0.2, -0.15) is 0 Å². The Hall–Kier alpha value is -2.46. The molecule has 0 aliphatic rings. The Morgan fingerprint density at radius 1 is 0.886 bits per heavy atom. The van der Waals surface area contributed by atoms with Crippen molar-refractivity contribution in [3.8, 4) is 5.75 Å². The fourth-order valence-corrected chi connectivity index (χ4v) is 3.52. The third-order valence-electron chi connectivity index (χ3n) is 4.26. The molecule has 10 heteroatoms. The summed E-state index contributed by atoms with van der Waals surface area (Å²) in [5.41, 5.74) is 5.93. The second-order valence-electron chi connectivity index (χ2n) is 10.1. The number of benzene rings is 1. The van der Waals surface area contributed by atoms with Crippen molar-refractivity contribution in [1.29, 1.82) is 0 Å². The molecule has 35 heavy (non-hydrogen) atoms. The van der Waals surface area contributed by atoms with Crippen molar-refractivity contribution in [3.63, 3.8) is 0 Å². The summed E-state index contributed by atoms with van der Waals surface area (Å²) in [4.78, 5) is 35.5. The molecule has 0 fully saturated rings. The number of carbonyl (C=O) groups excluding carboxylic acids is 3. The second kappa shape index (κ2) is 14.8. The van der Waals surface area contributed by atoms with Crippen LogP contribution in [0.4, 0.5) is 9.59 Å². The van der Waals surface area contributed by atoms with Crippen LogP contribution in [0.2, 0.25) is 0 Å². The first-order valence-electron chi connectivity index (χ1n) is 11.8. The molecule has 0 saturated heterocycles. The first-order valence-corrected chi connectivity index (χ1v) is 12.8. The first kappa shape index (κ1) is 30.6. The summed E-state index contributed by atoms with van der Waals surface area (Å²) in [6.45, 7) is 12.0. The Labute approximate surface area is 213 Å². The van der Waals surface area contributed by atoms with E-state index in [0.29, 0.717) is 37.6 Å². The lowest BCUT2D eigenvalue weighted by molar-refractivity contribution is -0.112. The molecule has 4 N–H and O–H groups in total. The molecule has 0 unspecified atom stereocenters. The van der Waals surface area contributed by atoms with Crippen molar-refractivity contribution in [2.24, 2.45) is 5.73 Å². The van der Waals surface area contributed by atoms with Crippen molar-refractivity contribution in [1.82, 2.24) is 10.6 Å². The summed E-state index contributed by atoms with van der Waals surface area (Å²) in [5, 5.41) is 5.27. The van der Waals surface area contributed by atoms with Crippen LogP contribution in [-0.2, 0) is 20.0 Å². The van der Waals surface area contributed by atoms with Crippen molar-refractivity contribution >= 4 is 29.1 Å². The molecule has 198 valence electrons. The van der Waals surface area contributed by atoms with Crippen molar-refractivity contribution in [2.45, 2.75) is 83.8 Å². The van der Waals surface area contributed by atoms with Crippen LogP contribution < -0.4 is 21.1 Å². The van der Waals surface area contributed by atoms with Crippen LogP contribution in [0.5, 0.6) is 5.75 Å². The Kier molecular flexibility index (Phi) is 13.0. The zero-order valence-electron chi connectivity index (χ0n) is 21.8. The smallest absolute Gasteiger partial charge is 0.407 e. The summed E-state index contributed by atoms with van der Waals surface area (Å²) >= 11 is 1.19. The molecule has 0 spiro atoms. The summed E-state index contributed by atoms with van der Waals surface area (Å²) < 4.78 is 15.9. The maximum absolute atomic E-state index is 12.3. The van der Waals surface area contributed by atoms with Crippen molar-refractivity contribution < 1.29 is 28.6 Å². The number of hydrogen-bond acceptors (Lipinski definition) is 8. The highest BCUT2D eigenvalue weighted by Gasteiger charge is 2.17. The second-order valence-corrected chi connectivity index (χ2v) is 11.0. The maximum Gasteiger partial charge on any atom is 0.407 e. The normalized spacial score (nSPS) is 12.4. The van der Waals surface area contributed by atoms with E-state index in [0.717, 1.165) is 18.4 Å². The maximum atomic E-state index is 12.3. The number of nitrogens with two attached hydrogens (primary N) is 1. The van der Waals surface area contributed by atoms with Crippen LogP contribution in [0.1, 0.15) is 66.4 Å². The number of alkyl carbamates (subject to hydrolysis) is 2. The number of hydrogen-bond donors (Lipinski definition) is 3. The number of amides is 2. The van der Waals surface area contributed by atoms with E-state index in [1.807, 2.05) is 45.0 Å². The van der Waals surface area contributed by atoms with E-state index in [2.05, 4.69) is 10.6 Å². The van der Waals surface area contributed by atoms with Crippen LogP contribution in [0.25, 0.3) is 0 Å². The van der Waals surface area contributed by atoms with E-state index in [1.54, 1.807) is 20.8 Å². The lowest BCUT2D eigenvalue weighted by Gasteiger charge is -2.19. The quantitative estimate of drug-likeness (QED) is 0.353. The van der Waals surface area contributed by atoms with Gasteiger partial charge in [0.2, 0.25) is 5.12 Å². The Morgan fingerprint density at radius 2 is 1.43 bits per heavy atom. The van der Waals surface area contributed by atoms with Crippen LogP contribution in [0.3, 0.4) is 0 Å². The van der Waals surface area contributed by atoms with E-state index in [1.165, 1.54) is 11.8 Å². The standard InChI is InChI=1S/C25H41N3O6S/c1-24(2,3)33-22(30)27-14-8-7-9-20(26)21(29)35-17-18-10-12-19(13-11-18)32-16-15-28-23(31)34-25(4,5)6/h10-13,20H,7-9,14-17,26H2,1-6H3,(H,27,30)(H,28,31)/t20-/m0/s1. The zero-order valence-corrected chi connectivity index (χ0v) is 22.6. The summed E-state index contributed by atoms with van der Waals surface area (Å²) in [5.74, 6) is 1.19. The lowest BCUT2D eigenvalue weighted by Crippen LogP contribution is -2.34. The molecule has 9 nitrogen and oxygen atoms in total. The van der Waals surface area contributed by atoms with Gasteiger partial charge in [-0.1, -0.05) is 23.9 Å². The van der Waals surface area contributed by atoms with Gasteiger partial charge in [0, 0.05) is 12.3 Å².